The standard InChI is InChI=1S/C12H12F3NO3/c1-2-19-10(17)3-4-16-12(18)7-5-8(13)11(15)9(14)6-7/h5-6H,2-4H2,1H3,(H,16,18). The molecule has 0 heterocycles. The zero-order chi connectivity index (χ0) is 14.4. The minimum absolute atomic E-state index is 0.0434. The Hall–Kier alpha value is -2.05. The van der Waals surface area contributed by atoms with E-state index in [1.165, 1.54) is 0 Å². The maximum atomic E-state index is 12.9. The lowest BCUT2D eigenvalue weighted by atomic mass is 10.2. The van der Waals surface area contributed by atoms with Crippen LogP contribution in [0.15, 0.2) is 12.1 Å². The van der Waals surface area contributed by atoms with E-state index < -0.39 is 29.3 Å². The van der Waals surface area contributed by atoms with Gasteiger partial charge >= 0.3 is 5.97 Å². The number of carbonyl (C=O) groups excluding carboxylic acids is 2. The Morgan fingerprint density at radius 1 is 1.21 bits per heavy atom. The van der Waals surface area contributed by atoms with E-state index in [1.807, 2.05) is 0 Å². The van der Waals surface area contributed by atoms with E-state index in [-0.39, 0.29) is 25.1 Å². The predicted molar refractivity (Wildman–Crippen MR) is 59.9 cm³/mol. The van der Waals surface area contributed by atoms with E-state index in [9.17, 15) is 22.8 Å². The summed E-state index contributed by atoms with van der Waals surface area (Å²) in [7, 11) is 0. The molecule has 0 saturated carbocycles. The Kier molecular flexibility index (Phi) is 5.35. The molecule has 104 valence electrons. The van der Waals surface area contributed by atoms with E-state index in [0.29, 0.717) is 12.1 Å². The highest BCUT2D eigenvalue weighted by Gasteiger charge is 2.15. The highest BCUT2D eigenvalue weighted by atomic mass is 19.2. The second-order valence-electron chi connectivity index (χ2n) is 3.56. The van der Waals surface area contributed by atoms with Gasteiger partial charge in [0.2, 0.25) is 0 Å². The van der Waals surface area contributed by atoms with E-state index >= 15 is 0 Å². The molecule has 0 saturated heterocycles. The average molecular weight is 275 g/mol. The summed E-state index contributed by atoms with van der Waals surface area (Å²) in [5.41, 5.74) is -0.361. The zero-order valence-corrected chi connectivity index (χ0v) is 10.1. The van der Waals surface area contributed by atoms with Crippen LogP contribution < -0.4 is 5.32 Å². The number of ether oxygens (including phenoxy) is 1. The van der Waals surface area contributed by atoms with Crippen LogP contribution in [0, 0.1) is 17.5 Å². The van der Waals surface area contributed by atoms with Crippen molar-refractivity contribution in [2.45, 2.75) is 13.3 Å². The summed E-state index contributed by atoms with van der Waals surface area (Å²) in [6, 6.07) is 1.16. The molecule has 4 nitrogen and oxygen atoms in total. The van der Waals surface area contributed by atoms with Crippen LogP contribution in [0.3, 0.4) is 0 Å². The van der Waals surface area contributed by atoms with Gasteiger partial charge in [0.25, 0.3) is 5.91 Å². The third-order valence-electron chi connectivity index (χ3n) is 2.17. The molecule has 0 fully saturated rings. The van der Waals surface area contributed by atoms with Crippen molar-refractivity contribution in [2.24, 2.45) is 0 Å². The number of nitrogens with one attached hydrogen (secondary N) is 1. The van der Waals surface area contributed by atoms with E-state index in [4.69, 9.17) is 0 Å². The SMILES string of the molecule is CCOC(=O)CCNC(=O)c1cc(F)c(F)c(F)c1. The fourth-order valence-electron chi connectivity index (χ4n) is 1.30. The van der Waals surface area contributed by atoms with Crippen LogP contribution >= 0.6 is 0 Å². The Bertz CT molecular complexity index is 468. The summed E-state index contributed by atoms with van der Waals surface area (Å²) < 4.78 is 43.1. The van der Waals surface area contributed by atoms with Gasteiger partial charge in [-0.25, -0.2) is 13.2 Å². The van der Waals surface area contributed by atoms with Crippen molar-refractivity contribution >= 4 is 11.9 Å². The number of hydrogen-bond donors (Lipinski definition) is 1. The van der Waals surface area contributed by atoms with Crippen LogP contribution in [0.25, 0.3) is 0 Å². The van der Waals surface area contributed by atoms with Gasteiger partial charge in [0.05, 0.1) is 13.0 Å². The quantitative estimate of drug-likeness (QED) is 0.658. The summed E-state index contributed by atoms with van der Waals surface area (Å²) in [6.07, 6.45) is -0.0638. The van der Waals surface area contributed by atoms with Gasteiger partial charge in [-0.15, -0.1) is 0 Å². The van der Waals surface area contributed by atoms with Crippen LogP contribution in [0.1, 0.15) is 23.7 Å². The summed E-state index contributed by atoms with van der Waals surface area (Å²) in [5, 5.41) is 2.27. The number of carbonyl (C=O) groups is 2. The van der Waals surface area contributed by atoms with Crippen LogP contribution in [0.2, 0.25) is 0 Å². The summed E-state index contributed by atoms with van der Waals surface area (Å²) >= 11 is 0. The first-order valence-electron chi connectivity index (χ1n) is 5.54. The fraction of sp³-hybridized carbons (Fsp3) is 0.333. The Morgan fingerprint density at radius 3 is 2.32 bits per heavy atom. The molecule has 0 bridgehead atoms. The molecular weight excluding hydrogens is 263 g/mol. The molecule has 1 amide bonds. The topological polar surface area (TPSA) is 55.4 Å². The molecule has 0 aliphatic heterocycles. The zero-order valence-electron chi connectivity index (χ0n) is 10.1. The third-order valence-corrected chi connectivity index (χ3v) is 2.17. The van der Waals surface area contributed by atoms with E-state index in [1.54, 1.807) is 6.92 Å². The Morgan fingerprint density at radius 2 is 1.79 bits per heavy atom. The lowest BCUT2D eigenvalue weighted by molar-refractivity contribution is -0.142. The normalized spacial score (nSPS) is 10.1. The monoisotopic (exact) mass is 275 g/mol. The van der Waals surface area contributed by atoms with Gasteiger partial charge in [0.15, 0.2) is 17.5 Å². The van der Waals surface area contributed by atoms with Crippen LogP contribution in [-0.2, 0) is 9.53 Å². The molecule has 0 aliphatic carbocycles. The molecule has 0 aliphatic rings. The number of benzene rings is 1. The number of hydrogen-bond acceptors (Lipinski definition) is 3. The van der Waals surface area contributed by atoms with Gasteiger partial charge in [-0.1, -0.05) is 0 Å². The molecule has 7 heteroatoms. The van der Waals surface area contributed by atoms with Crippen molar-refractivity contribution < 1.29 is 27.5 Å². The molecule has 1 N–H and O–H groups in total. The van der Waals surface area contributed by atoms with Crippen molar-refractivity contribution in [3.63, 3.8) is 0 Å². The molecule has 0 unspecified atom stereocenters. The van der Waals surface area contributed by atoms with Crippen molar-refractivity contribution in [3.05, 3.63) is 35.1 Å². The minimum atomic E-state index is -1.64. The highest BCUT2D eigenvalue weighted by molar-refractivity contribution is 5.94. The van der Waals surface area contributed by atoms with Crippen LogP contribution in [0.5, 0.6) is 0 Å². The van der Waals surface area contributed by atoms with Crippen molar-refractivity contribution in [3.8, 4) is 0 Å². The van der Waals surface area contributed by atoms with Crippen molar-refractivity contribution in [1.29, 1.82) is 0 Å². The fourth-order valence-corrected chi connectivity index (χ4v) is 1.30. The minimum Gasteiger partial charge on any atom is -0.466 e. The van der Waals surface area contributed by atoms with Gasteiger partial charge < -0.3 is 10.1 Å². The Labute approximate surface area is 107 Å². The third kappa shape index (κ3) is 4.27. The second kappa shape index (κ2) is 6.77. The molecule has 0 atom stereocenters. The molecule has 0 spiro atoms. The maximum absolute atomic E-state index is 12.9. The summed E-state index contributed by atoms with van der Waals surface area (Å²) in [6.45, 7) is 1.82. The molecule has 0 aromatic heterocycles. The number of amides is 1. The van der Waals surface area contributed by atoms with Gasteiger partial charge in [-0.05, 0) is 19.1 Å². The first kappa shape index (κ1) is 15.0. The number of halogens is 3. The largest absolute Gasteiger partial charge is 0.466 e. The summed E-state index contributed by atoms with van der Waals surface area (Å²) in [4.78, 5) is 22.5. The molecular formula is C12H12F3NO3. The predicted octanol–water partition coefficient (Wildman–Crippen LogP) is 1.79. The summed E-state index contributed by atoms with van der Waals surface area (Å²) in [5.74, 6) is -5.84. The molecule has 1 aromatic rings. The first-order valence-corrected chi connectivity index (χ1v) is 5.54. The lowest BCUT2D eigenvalue weighted by Gasteiger charge is -2.06. The number of esters is 1. The first-order chi connectivity index (χ1) is 8.95. The molecule has 1 aromatic carbocycles. The average Bonchev–Trinajstić information content (AvgIpc) is 2.35. The highest BCUT2D eigenvalue weighted by Crippen LogP contribution is 2.13. The van der Waals surface area contributed by atoms with Crippen LogP contribution in [0.4, 0.5) is 13.2 Å². The lowest BCUT2D eigenvalue weighted by Crippen LogP contribution is -2.26. The smallest absolute Gasteiger partial charge is 0.307 e. The van der Waals surface area contributed by atoms with Crippen molar-refractivity contribution in [1.82, 2.24) is 5.32 Å². The van der Waals surface area contributed by atoms with Crippen LogP contribution in [-0.4, -0.2) is 25.0 Å². The van der Waals surface area contributed by atoms with Gasteiger partial charge in [0, 0.05) is 12.1 Å². The maximum Gasteiger partial charge on any atom is 0.307 e. The second-order valence-corrected chi connectivity index (χ2v) is 3.56. The van der Waals surface area contributed by atoms with Gasteiger partial charge in [-0.3, -0.25) is 9.59 Å². The van der Waals surface area contributed by atoms with Gasteiger partial charge in [-0.2, -0.15) is 0 Å². The molecule has 1 rings (SSSR count). The van der Waals surface area contributed by atoms with Gasteiger partial charge in [0.1, 0.15) is 0 Å². The van der Waals surface area contributed by atoms with E-state index in [2.05, 4.69) is 10.1 Å². The molecule has 19 heavy (non-hydrogen) atoms. The molecule has 0 radical (unpaired) electrons. The number of rotatable bonds is 5. The van der Waals surface area contributed by atoms with Crippen molar-refractivity contribution in [2.75, 3.05) is 13.2 Å². The Balaban J connectivity index is 2.57. The van der Waals surface area contributed by atoms with E-state index in [0.717, 1.165) is 0 Å².